The Morgan fingerprint density at radius 2 is 2.04 bits per heavy atom. The standard InChI is InChI=1S/C18H31N5O2/c1-12-16(13(2)22-21-12)20-15(24)11-23-8-6-7-14(10-23)9-19-17(25)18(3,4)5/h14H,6-11H2,1-5H3,(H,19,25)(H,20,24)(H,21,22)/t14-/m0/s1. The first kappa shape index (κ1) is 19.4. The number of H-pyrrole nitrogens is 1. The number of aromatic amines is 1. The molecule has 25 heavy (non-hydrogen) atoms. The first-order valence-corrected chi connectivity index (χ1v) is 8.99. The van der Waals surface area contributed by atoms with E-state index in [1.807, 2.05) is 34.6 Å². The van der Waals surface area contributed by atoms with E-state index in [2.05, 4.69) is 25.7 Å². The van der Waals surface area contributed by atoms with Crippen LogP contribution in [0.2, 0.25) is 0 Å². The van der Waals surface area contributed by atoms with Gasteiger partial charge in [-0.05, 0) is 39.2 Å². The molecule has 1 atom stereocenters. The number of nitrogens with zero attached hydrogens (tertiary/aromatic N) is 2. The Kier molecular flexibility index (Phi) is 6.21. The number of carbonyl (C=O) groups is 2. The van der Waals surface area contributed by atoms with Gasteiger partial charge < -0.3 is 10.6 Å². The summed E-state index contributed by atoms with van der Waals surface area (Å²) in [6.45, 7) is 12.3. The molecule has 1 fully saturated rings. The zero-order chi connectivity index (χ0) is 18.6. The number of aromatic nitrogens is 2. The minimum absolute atomic E-state index is 0.0213. The Hall–Kier alpha value is -1.89. The fourth-order valence-corrected chi connectivity index (χ4v) is 3.08. The van der Waals surface area contributed by atoms with Crippen molar-refractivity contribution in [2.75, 3.05) is 31.5 Å². The molecule has 0 spiro atoms. The molecule has 140 valence electrons. The van der Waals surface area contributed by atoms with Crippen LogP contribution in [-0.4, -0.2) is 53.1 Å². The predicted molar refractivity (Wildman–Crippen MR) is 98.3 cm³/mol. The molecule has 2 rings (SSSR count). The van der Waals surface area contributed by atoms with E-state index in [0.29, 0.717) is 19.0 Å². The van der Waals surface area contributed by atoms with Crippen LogP contribution in [0.25, 0.3) is 0 Å². The molecule has 1 aromatic rings. The molecule has 3 N–H and O–H groups in total. The molecule has 0 aliphatic carbocycles. The van der Waals surface area contributed by atoms with Crippen LogP contribution in [-0.2, 0) is 9.59 Å². The minimum Gasteiger partial charge on any atom is -0.355 e. The highest BCUT2D eigenvalue weighted by molar-refractivity contribution is 5.93. The second kappa shape index (κ2) is 7.99. The molecular formula is C18H31N5O2. The van der Waals surface area contributed by atoms with Crippen LogP contribution < -0.4 is 10.6 Å². The van der Waals surface area contributed by atoms with Crippen LogP contribution in [0, 0.1) is 25.2 Å². The molecule has 0 saturated carbocycles. The summed E-state index contributed by atoms with van der Waals surface area (Å²) in [6, 6.07) is 0. The zero-order valence-electron chi connectivity index (χ0n) is 16.0. The Bertz CT molecular complexity index is 598. The van der Waals surface area contributed by atoms with Crippen LogP contribution in [0.4, 0.5) is 5.69 Å². The number of carbonyl (C=O) groups excluding carboxylic acids is 2. The summed E-state index contributed by atoms with van der Waals surface area (Å²) in [5.74, 6) is 0.450. The molecule has 7 heteroatoms. The molecule has 1 aliphatic heterocycles. The Morgan fingerprint density at radius 3 is 2.64 bits per heavy atom. The number of amides is 2. The number of piperidine rings is 1. The van der Waals surface area contributed by atoms with Gasteiger partial charge in [0.25, 0.3) is 0 Å². The molecule has 1 aromatic heterocycles. The van der Waals surface area contributed by atoms with Crippen molar-refractivity contribution in [3.8, 4) is 0 Å². The van der Waals surface area contributed by atoms with Crippen molar-refractivity contribution >= 4 is 17.5 Å². The molecule has 7 nitrogen and oxygen atoms in total. The van der Waals surface area contributed by atoms with E-state index < -0.39 is 0 Å². The molecule has 1 aliphatic rings. The molecule has 0 bridgehead atoms. The maximum absolute atomic E-state index is 12.3. The maximum Gasteiger partial charge on any atom is 0.238 e. The number of nitrogens with one attached hydrogen (secondary N) is 3. The largest absolute Gasteiger partial charge is 0.355 e. The molecule has 1 saturated heterocycles. The van der Waals surface area contributed by atoms with Crippen LogP contribution in [0.15, 0.2) is 0 Å². The van der Waals surface area contributed by atoms with E-state index in [0.717, 1.165) is 43.0 Å². The van der Waals surface area contributed by atoms with E-state index >= 15 is 0 Å². The second-order valence-corrected chi connectivity index (χ2v) is 8.06. The molecule has 0 unspecified atom stereocenters. The van der Waals surface area contributed by atoms with Gasteiger partial charge in [0.2, 0.25) is 11.8 Å². The smallest absolute Gasteiger partial charge is 0.238 e. The second-order valence-electron chi connectivity index (χ2n) is 8.06. The fourth-order valence-electron chi connectivity index (χ4n) is 3.08. The zero-order valence-corrected chi connectivity index (χ0v) is 16.0. The van der Waals surface area contributed by atoms with Gasteiger partial charge in [0.1, 0.15) is 0 Å². The van der Waals surface area contributed by atoms with Gasteiger partial charge in [-0.1, -0.05) is 20.8 Å². The lowest BCUT2D eigenvalue weighted by Crippen LogP contribution is -2.45. The molecule has 2 amide bonds. The van der Waals surface area contributed by atoms with Crippen LogP contribution in [0.1, 0.15) is 45.0 Å². The van der Waals surface area contributed by atoms with Gasteiger partial charge in [0.05, 0.1) is 23.6 Å². The highest BCUT2D eigenvalue weighted by atomic mass is 16.2. The maximum atomic E-state index is 12.3. The van der Waals surface area contributed by atoms with Crippen LogP contribution in [0.5, 0.6) is 0 Å². The third-order valence-electron chi connectivity index (χ3n) is 4.60. The SMILES string of the molecule is Cc1n[nH]c(C)c1NC(=O)CN1CCC[C@@H](CNC(=O)C(C)(C)C)C1. The third-order valence-corrected chi connectivity index (χ3v) is 4.60. The number of hydrogen-bond acceptors (Lipinski definition) is 4. The van der Waals surface area contributed by atoms with Gasteiger partial charge in [-0.3, -0.25) is 19.6 Å². The molecule has 0 aromatic carbocycles. The van der Waals surface area contributed by atoms with E-state index in [1.54, 1.807) is 0 Å². The quantitative estimate of drug-likeness (QED) is 0.756. The van der Waals surface area contributed by atoms with Gasteiger partial charge in [0, 0.05) is 18.5 Å². The lowest BCUT2D eigenvalue weighted by Gasteiger charge is -2.32. The lowest BCUT2D eigenvalue weighted by molar-refractivity contribution is -0.128. The monoisotopic (exact) mass is 349 g/mol. The summed E-state index contributed by atoms with van der Waals surface area (Å²) >= 11 is 0. The van der Waals surface area contributed by atoms with Crippen molar-refractivity contribution in [3.05, 3.63) is 11.4 Å². The summed E-state index contributed by atoms with van der Waals surface area (Å²) < 4.78 is 0. The van der Waals surface area contributed by atoms with E-state index in [1.165, 1.54) is 0 Å². The first-order valence-electron chi connectivity index (χ1n) is 8.99. The van der Waals surface area contributed by atoms with E-state index in [4.69, 9.17) is 0 Å². The normalized spacial score (nSPS) is 18.8. The highest BCUT2D eigenvalue weighted by Gasteiger charge is 2.25. The number of anilines is 1. The average Bonchev–Trinajstić information content (AvgIpc) is 2.84. The minimum atomic E-state index is -0.367. The summed E-state index contributed by atoms with van der Waals surface area (Å²) in [4.78, 5) is 26.5. The van der Waals surface area contributed by atoms with Crippen LogP contribution in [0.3, 0.4) is 0 Å². The van der Waals surface area contributed by atoms with Crippen molar-refractivity contribution in [1.29, 1.82) is 0 Å². The number of aryl methyl sites for hydroxylation is 2. The van der Waals surface area contributed by atoms with Gasteiger partial charge in [-0.15, -0.1) is 0 Å². The van der Waals surface area contributed by atoms with Crippen molar-refractivity contribution in [3.63, 3.8) is 0 Å². The Morgan fingerprint density at radius 1 is 1.32 bits per heavy atom. The van der Waals surface area contributed by atoms with Crippen LogP contribution >= 0.6 is 0 Å². The number of hydrogen-bond donors (Lipinski definition) is 3. The van der Waals surface area contributed by atoms with Crippen molar-refractivity contribution in [2.24, 2.45) is 11.3 Å². The molecule has 2 heterocycles. The predicted octanol–water partition coefficient (Wildman–Crippen LogP) is 1.84. The summed E-state index contributed by atoms with van der Waals surface area (Å²) in [7, 11) is 0. The number of likely N-dealkylation sites (tertiary alicyclic amines) is 1. The topological polar surface area (TPSA) is 90.1 Å². The summed E-state index contributed by atoms with van der Waals surface area (Å²) in [5, 5.41) is 13.0. The van der Waals surface area contributed by atoms with Gasteiger partial charge in [-0.25, -0.2) is 0 Å². The van der Waals surface area contributed by atoms with Gasteiger partial charge >= 0.3 is 0 Å². The summed E-state index contributed by atoms with van der Waals surface area (Å²) in [6.07, 6.45) is 2.13. The number of rotatable bonds is 5. The van der Waals surface area contributed by atoms with Crippen molar-refractivity contribution in [1.82, 2.24) is 20.4 Å². The Balaban J connectivity index is 1.81. The van der Waals surface area contributed by atoms with E-state index in [9.17, 15) is 9.59 Å². The van der Waals surface area contributed by atoms with Gasteiger partial charge in [0.15, 0.2) is 0 Å². The van der Waals surface area contributed by atoms with Gasteiger partial charge in [-0.2, -0.15) is 5.10 Å². The average molecular weight is 349 g/mol. The molecule has 0 radical (unpaired) electrons. The van der Waals surface area contributed by atoms with Crippen molar-refractivity contribution in [2.45, 2.75) is 47.5 Å². The van der Waals surface area contributed by atoms with E-state index in [-0.39, 0.29) is 17.2 Å². The first-order chi connectivity index (χ1) is 11.7. The van der Waals surface area contributed by atoms with Crippen molar-refractivity contribution < 1.29 is 9.59 Å². The highest BCUT2D eigenvalue weighted by Crippen LogP contribution is 2.19. The third kappa shape index (κ3) is 5.56. The Labute approximate surface area is 149 Å². The molecular weight excluding hydrogens is 318 g/mol. The fraction of sp³-hybridized carbons (Fsp3) is 0.722. The summed E-state index contributed by atoms with van der Waals surface area (Å²) in [5.41, 5.74) is 2.07. The lowest BCUT2D eigenvalue weighted by atomic mass is 9.94.